The first-order chi connectivity index (χ1) is 7.51. The number of carbonyl (C=O) groups excluding carboxylic acids is 1. The van der Waals surface area contributed by atoms with E-state index in [1.165, 1.54) is 6.42 Å². The SMILES string of the molecule is COC1(CNCC(=O)N(C)C(C)C)CCC1. The van der Waals surface area contributed by atoms with Crippen molar-refractivity contribution in [2.45, 2.75) is 44.8 Å². The monoisotopic (exact) mass is 228 g/mol. The Morgan fingerprint density at radius 1 is 1.50 bits per heavy atom. The third-order valence-corrected chi connectivity index (χ3v) is 3.59. The molecule has 0 radical (unpaired) electrons. The summed E-state index contributed by atoms with van der Waals surface area (Å²) in [5.41, 5.74) is -0.00329. The van der Waals surface area contributed by atoms with E-state index in [9.17, 15) is 4.79 Å². The molecule has 0 aliphatic heterocycles. The van der Waals surface area contributed by atoms with Gasteiger partial charge in [-0.3, -0.25) is 4.79 Å². The lowest BCUT2D eigenvalue weighted by molar-refractivity contribution is -0.130. The summed E-state index contributed by atoms with van der Waals surface area (Å²) >= 11 is 0. The topological polar surface area (TPSA) is 41.6 Å². The number of methoxy groups -OCH3 is 1. The Bertz CT molecular complexity index is 232. The van der Waals surface area contributed by atoms with Crippen molar-refractivity contribution >= 4 is 5.91 Å². The molecule has 0 bridgehead atoms. The van der Waals surface area contributed by atoms with Gasteiger partial charge in [0.1, 0.15) is 0 Å². The van der Waals surface area contributed by atoms with E-state index in [0.717, 1.165) is 19.4 Å². The van der Waals surface area contributed by atoms with Crippen LogP contribution in [0.4, 0.5) is 0 Å². The van der Waals surface area contributed by atoms with Crippen LogP contribution in [0, 0.1) is 0 Å². The van der Waals surface area contributed by atoms with Crippen LogP contribution in [0.5, 0.6) is 0 Å². The second kappa shape index (κ2) is 5.64. The molecule has 0 heterocycles. The van der Waals surface area contributed by atoms with Gasteiger partial charge in [-0.25, -0.2) is 0 Å². The largest absolute Gasteiger partial charge is 0.377 e. The van der Waals surface area contributed by atoms with Gasteiger partial charge in [-0.15, -0.1) is 0 Å². The summed E-state index contributed by atoms with van der Waals surface area (Å²) in [5.74, 6) is 0.139. The van der Waals surface area contributed by atoms with Crippen molar-refractivity contribution in [1.29, 1.82) is 0 Å². The van der Waals surface area contributed by atoms with E-state index in [2.05, 4.69) is 5.32 Å². The quantitative estimate of drug-likeness (QED) is 0.738. The van der Waals surface area contributed by atoms with Gasteiger partial charge in [0.15, 0.2) is 0 Å². The highest BCUT2D eigenvalue weighted by molar-refractivity contribution is 5.78. The molecule has 1 fully saturated rings. The Labute approximate surface area is 98.3 Å². The number of ether oxygens (including phenoxy) is 1. The minimum absolute atomic E-state index is 0.00329. The maximum atomic E-state index is 11.7. The molecular formula is C12H24N2O2. The Kier molecular flexibility index (Phi) is 4.74. The zero-order valence-corrected chi connectivity index (χ0v) is 10.9. The van der Waals surface area contributed by atoms with Crippen molar-refractivity contribution in [3.05, 3.63) is 0 Å². The lowest BCUT2D eigenvalue weighted by Gasteiger charge is -2.40. The molecule has 0 aromatic heterocycles. The number of hydrogen-bond acceptors (Lipinski definition) is 3. The fourth-order valence-electron chi connectivity index (χ4n) is 1.83. The second-order valence-corrected chi connectivity index (χ2v) is 4.94. The summed E-state index contributed by atoms with van der Waals surface area (Å²) < 4.78 is 5.48. The minimum atomic E-state index is -0.00329. The summed E-state index contributed by atoms with van der Waals surface area (Å²) in [4.78, 5) is 13.4. The minimum Gasteiger partial charge on any atom is -0.377 e. The van der Waals surface area contributed by atoms with Gasteiger partial charge in [0.25, 0.3) is 0 Å². The highest BCUT2D eigenvalue weighted by Gasteiger charge is 2.36. The van der Waals surface area contributed by atoms with Crippen LogP contribution in [0.1, 0.15) is 33.1 Å². The Hall–Kier alpha value is -0.610. The second-order valence-electron chi connectivity index (χ2n) is 4.94. The highest BCUT2D eigenvalue weighted by Crippen LogP contribution is 2.34. The summed E-state index contributed by atoms with van der Waals surface area (Å²) in [6.07, 6.45) is 3.44. The number of nitrogens with one attached hydrogen (secondary N) is 1. The van der Waals surface area contributed by atoms with Crippen LogP contribution in [0.3, 0.4) is 0 Å². The molecule has 4 nitrogen and oxygen atoms in total. The molecule has 4 heteroatoms. The molecule has 1 aliphatic carbocycles. The van der Waals surface area contributed by atoms with Crippen molar-refractivity contribution in [2.24, 2.45) is 0 Å². The number of carbonyl (C=O) groups is 1. The molecule has 0 spiro atoms. The smallest absolute Gasteiger partial charge is 0.236 e. The number of likely N-dealkylation sites (N-methyl/N-ethyl adjacent to an activating group) is 1. The average molecular weight is 228 g/mol. The van der Waals surface area contributed by atoms with E-state index < -0.39 is 0 Å². The summed E-state index contributed by atoms with van der Waals surface area (Å²) in [7, 11) is 3.59. The van der Waals surface area contributed by atoms with Crippen molar-refractivity contribution < 1.29 is 9.53 Å². The molecule has 0 aromatic carbocycles. The van der Waals surface area contributed by atoms with E-state index in [0.29, 0.717) is 6.54 Å². The average Bonchev–Trinajstić information content (AvgIpc) is 2.20. The van der Waals surface area contributed by atoms with Gasteiger partial charge in [-0.2, -0.15) is 0 Å². The first kappa shape index (κ1) is 13.5. The zero-order chi connectivity index (χ0) is 12.2. The first-order valence-corrected chi connectivity index (χ1v) is 6.02. The normalized spacial score (nSPS) is 18.3. The van der Waals surface area contributed by atoms with E-state index in [1.807, 2.05) is 20.9 Å². The van der Waals surface area contributed by atoms with E-state index in [-0.39, 0.29) is 17.6 Å². The van der Waals surface area contributed by atoms with Crippen molar-refractivity contribution in [3.63, 3.8) is 0 Å². The number of nitrogens with zero attached hydrogens (tertiary/aromatic N) is 1. The number of hydrogen-bond donors (Lipinski definition) is 1. The molecule has 0 atom stereocenters. The summed E-state index contributed by atoms with van der Waals surface area (Å²) in [6, 6.07) is 0.259. The van der Waals surface area contributed by atoms with Crippen LogP contribution in [-0.2, 0) is 9.53 Å². The molecule has 0 saturated heterocycles. The van der Waals surface area contributed by atoms with Crippen molar-refractivity contribution in [1.82, 2.24) is 10.2 Å². The molecule has 1 rings (SSSR count). The zero-order valence-electron chi connectivity index (χ0n) is 10.9. The predicted molar refractivity (Wildman–Crippen MR) is 64.4 cm³/mol. The van der Waals surface area contributed by atoms with Crippen LogP contribution in [0.25, 0.3) is 0 Å². The van der Waals surface area contributed by atoms with E-state index >= 15 is 0 Å². The van der Waals surface area contributed by atoms with Gasteiger partial charge in [-0.05, 0) is 33.1 Å². The van der Waals surface area contributed by atoms with Gasteiger partial charge in [0.05, 0.1) is 12.1 Å². The Morgan fingerprint density at radius 3 is 2.50 bits per heavy atom. The molecule has 0 unspecified atom stereocenters. The molecule has 16 heavy (non-hydrogen) atoms. The molecule has 94 valence electrons. The number of rotatable bonds is 6. The van der Waals surface area contributed by atoms with Crippen LogP contribution in [-0.4, -0.2) is 49.7 Å². The third-order valence-electron chi connectivity index (χ3n) is 3.59. The highest BCUT2D eigenvalue weighted by atomic mass is 16.5. The van der Waals surface area contributed by atoms with Crippen LogP contribution in [0.2, 0.25) is 0 Å². The summed E-state index contributed by atoms with van der Waals surface area (Å²) in [6.45, 7) is 5.21. The van der Waals surface area contributed by atoms with Crippen LogP contribution >= 0.6 is 0 Å². The van der Waals surface area contributed by atoms with Crippen molar-refractivity contribution in [3.8, 4) is 0 Å². The van der Waals surface area contributed by atoms with E-state index in [1.54, 1.807) is 12.0 Å². The standard InChI is InChI=1S/C12H24N2O2/c1-10(2)14(3)11(15)8-13-9-12(16-4)6-5-7-12/h10,13H,5-9H2,1-4H3. The molecule has 1 aliphatic rings. The molecule has 1 saturated carbocycles. The summed E-state index contributed by atoms with van der Waals surface area (Å²) in [5, 5.41) is 3.20. The molecule has 1 amide bonds. The van der Waals surface area contributed by atoms with Gasteiger partial charge >= 0.3 is 0 Å². The maximum Gasteiger partial charge on any atom is 0.236 e. The lowest BCUT2D eigenvalue weighted by atomic mass is 9.80. The van der Waals surface area contributed by atoms with Gasteiger partial charge in [-0.1, -0.05) is 0 Å². The van der Waals surface area contributed by atoms with Crippen LogP contribution in [0.15, 0.2) is 0 Å². The fourth-order valence-corrected chi connectivity index (χ4v) is 1.83. The van der Waals surface area contributed by atoms with Gasteiger partial charge < -0.3 is 15.0 Å². The van der Waals surface area contributed by atoms with E-state index in [4.69, 9.17) is 4.74 Å². The molecule has 1 N–H and O–H groups in total. The van der Waals surface area contributed by atoms with Gasteiger partial charge in [0, 0.05) is 26.7 Å². The van der Waals surface area contributed by atoms with Crippen molar-refractivity contribution in [2.75, 3.05) is 27.2 Å². The Morgan fingerprint density at radius 2 is 2.12 bits per heavy atom. The fraction of sp³-hybridized carbons (Fsp3) is 0.917. The molecular weight excluding hydrogens is 204 g/mol. The lowest BCUT2D eigenvalue weighted by Crippen LogP contribution is -2.50. The maximum absolute atomic E-state index is 11.7. The molecule has 0 aromatic rings. The Balaban J connectivity index is 2.22. The predicted octanol–water partition coefficient (Wildman–Crippen LogP) is 1.01. The van der Waals surface area contributed by atoms with Crippen LogP contribution < -0.4 is 5.32 Å². The number of amides is 1. The third kappa shape index (κ3) is 3.19. The van der Waals surface area contributed by atoms with Gasteiger partial charge in [0.2, 0.25) is 5.91 Å². The first-order valence-electron chi connectivity index (χ1n) is 6.02.